The second-order valence-corrected chi connectivity index (χ2v) is 5.61. The van der Waals surface area contributed by atoms with Gasteiger partial charge in [-0.1, -0.05) is 11.6 Å². The highest BCUT2D eigenvalue weighted by Crippen LogP contribution is 2.21. The first-order valence-corrected chi connectivity index (χ1v) is 6.23. The van der Waals surface area contributed by atoms with Gasteiger partial charge in [-0.3, -0.25) is 14.7 Å². The van der Waals surface area contributed by atoms with Crippen LogP contribution in [0.1, 0.15) is 32.8 Å². The SMILES string of the molecule is CC(C)(C)N(CCC(=O)O)Cc1ccncc1Cl. The first-order chi connectivity index (χ1) is 8.30. The van der Waals surface area contributed by atoms with E-state index in [1.807, 2.05) is 6.07 Å². The van der Waals surface area contributed by atoms with Crippen molar-refractivity contribution in [2.45, 2.75) is 39.3 Å². The van der Waals surface area contributed by atoms with Crippen molar-refractivity contribution in [3.63, 3.8) is 0 Å². The summed E-state index contributed by atoms with van der Waals surface area (Å²) in [6.45, 7) is 7.30. The van der Waals surface area contributed by atoms with Gasteiger partial charge in [0.1, 0.15) is 0 Å². The number of rotatable bonds is 5. The number of aliphatic carboxylic acids is 1. The molecule has 1 aromatic heterocycles. The third kappa shape index (κ3) is 4.63. The summed E-state index contributed by atoms with van der Waals surface area (Å²) in [5.41, 5.74) is 0.856. The van der Waals surface area contributed by atoms with E-state index in [0.29, 0.717) is 18.1 Å². The predicted molar refractivity (Wildman–Crippen MR) is 71.7 cm³/mol. The summed E-state index contributed by atoms with van der Waals surface area (Å²) in [5.74, 6) is -0.787. The summed E-state index contributed by atoms with van der Waals surface area (Å²) in [6.07, 6.45) is 3.42. The molecule has 0 unspecified atom stereocenters. The summed E-state index contributed by atoms with van der Waals surface area (Å²) >= 11 is 6.08. The van der Waals surface area contributed by atoms with Crippen LogP contribution in [-0.4, -0.2) is 33.0 Å². The number of halogens is 1. The number of aromatic nitrogens is 1. The van der Waals surface area contributed by atoms with Gasteiger partial charge in [-0.05, 0) is 32.4 Å². The topological polar surface area (TPSA) is 53.4 Å². The van der Waals surface area contributed by atoms with Crippen molar-refractivity contribution in [2.24, 2.45) is 0 Å². The third-order valence-electron chi connectivity index (χ3n) is 2.76. The Morgan fingerprint density at radius 1 is 1.50 bits per heavy atom. The molecule has 0 saturated heterocycles. The zero-order chi connectivity index (χ0) is 13.8. The normalized spacial score (nSPS) is 11.8. The smallest absolute Gasteiger partial charge is 0.304 e. The molecule has 0 aliphatic carbocycles. The maximum absolute atomic E-state index is 10.7. The highest BCUT2D eigenvalue weighted by atomic mass is 35.5. The van der Waals surface area contributed by atoms with Crippen LogP contribution in [0, 0.1) is 0 Å². The number of hydrogen-bond donors (Lipinski definition) is 1. The maximum atomic E-state index is 10.7. The summed E-state index contributed by atoms with van der Waals surface area (Å²) < 4.78 is 0. The monoisotopic (exact) mass is 270 g/mol. The molecule has 1 heterocycles. The lowest BCUT2D eigenvalue weighted by Crippen LogP contribution is -2.42. The van der Waals surface area contributed by atoms with Crippen LogP contribution >= 0.6 is 11.6 Å². The van der Waals surface area contributed by atoms with Gasteiger partial charge >= 0.3 is 5.97 Å². The fraction of sp³-hybridized carbons (Fsp3) is 0.538. The molecule has 0 amide bonds. The van der Waals surface area contributed by atoms with Crippen molar-refractivity contribution < 1.29 is 9.90 Å². The number of hydrogen-bond acceptors (Lipinski definition) is 3. The average Bonchev–Trinajstić information content (AvgIpc) is 2.24. The minimum absolute atomic E-state index is 0.109. The van der Waals surface area contributed by atoms with Gasteiger partial charge in [-0.15, -0.1) is 0 Å². The van der Waals surface area contributed by atoms with Crippen molar-refractivity contribution >= 4 is 17.6 Å². The standard InChI is InChI=1S/C13H19ClN2O2/c1-13(2,3)16(7-5-12(17)18)9-10-4-6-15-8-11(10)14/h4,6,8H,5,7,9H2,1-3H3,(H,17,18). The molecule has 0 fully saturated rings. The number of carboxylic acid groups (broad SMARTS) is 1. The Labute approximate surface area is 113 Å². The molecule has 0 radical (unpaired) electrons. The maximum Gasteiger partial charge on any atom is 0.304 e. The van der Waals surface area contributed by atoms with E-state index in [2.05, 4.69) is 30.7 Å². The molecule has 0 atom stereocenters. The molecule has 100 valence electrons. The molecule has 18 heavy (non-hydrogen) atoms. The van der Waals surface area contributed by atoms with E-state index in [-0.39, 0.29) is 12.0 Å². The Bertz CT molecular complexity index is 416. The van der Waals surface area contributed by atoms with Gasteiger partial charge in [0, 0.05) is 31.0 Å². The molecule has 0 aliphatic heterocycles. The molecule has 1 N–H and O–H groups in total. The molecule has 1 aromatic rings. The Kier molecular flexibility index (Phi) is 5.11. The Morgan fingerprint density at radius 2 is 2.17 bits per heavy atom. The lowest BCUT2D eigenvalue weighted by Gasteiger charge is -2.35. The predicted octanol–water partition coefficient (Wildman–Crippen LogP) is 2.81. The third-order valence-corrected chi connectivity index (χ3v) is 3.10. The Morgan fingerprint density at radius 3 is 2.67 bits per heavy atom. The second kappa shape index (κ2) is 6.16. The lowest BCUT2D eigenvalue weighted by atomic mass is 10.0. The van der Waals surface area contributed by atoms with Crippen LogP contribution in [0.2, 0.25) is 5.02 Å². The molecule has 0 bridgehead atoms. The van der Waals surface area contributed by atoms with Crippen molar-refractivity contribution in [1.82, 2.24) is 9.88 Å². The van der Waals surface area contributed by atoms with Gasteiger partial charge < -0.3 is 5.11 Å². The molecule has 0 spiro atoms. The zero-order valence-corrected chi connectivity index (χ0v) is 11.7. The van der Waals surface area contributed by atoms with E-state index < -0.39 is 5.97 Å². The van der Waals surface area contributed by atoms with Crippen LogP contribution < -0.4 is 0 Å². The molecule has 0 aromatic carbocycles. The van der Waals surface area contributed by atoms with E-state index in [4.69, 9.17) is 16.7 Å². The minimum atomic E-state index is -0.787. The van der Waals surface area contributed by atoms with E-state index >= 15 is 0 Å². The average molecular weight is 271 g/mol. The van der Waals surface area contributed by atoms with E-state index in [1.165, 1.54) is 0 Å². The van der Waals surface area contributed by atoms with Crippen LogP contribution in [0.5, 0.6) is 0 Å². The second-order valence-electron chi connectivity index (χ2n) is 5.20. The quantitative estimate of drug-likeness (QED) is 0.894. The first kappa shape index (κ1) is 14.9. The Balaban J connectivity index is 2.79. The number of nitrogens with zero attached hydrogens (tertiary/aromatic N) is 2. The van der Waals surface area contributed by atoms with Crippen molar-refractivity contribution in [2.75, 3.05) is 6.54 Å². The van der Waals surface area contributed by atoms with Gasteiger partial charge in [0.15, 0.2) is 0 Å². The Hall–Kier alpha value is -1.13. The summed E-state index contributed by atoms with van der Waals surface area (Å²) in [4.78, 5) is 16.7. The van der Waals surface area contributed by atoms with Crippen LogP contribution in [0.3, 0.4) is 0 Å². The highest BCUT2D eigenvalue weighted by Gasteiger charge is 2.22. The zero-order valence-electron chi connectivity index (χ0n) is 11.0. The van der Waals surface area contributed by atoms with Crippen LogP contribution in [0.4, 0.5) is 0 Å². The van der Waals surface area contributed by atoms with Crippen LogP contribution in [-0.2, 0) is 11.3 Å². The van der Waals surface area contributed by atoms with Gasteiger partial charge in [-0.25, -0.2) is 0 Å². The lowest BCUT2D eigenvalue weighted by molar-refractivity contribution is -0.137. The largest absolute Gasteiger partial charge is 0.481 e. The van der Waals surface area contributed by atoms with Crippen LogP contribution in [0.15, 0.2) is 18.5 Å². The number of carboxylic acids is 1. The first-order valence-electron chi connectivity index (χ1n) is 5.86. The van der Waals surface area contributed by atoms with Crippen molar-refractivity contribution in [1.29, 1.82) is 0 Å². The van der Waals surface area contributed by atoms with Crippen molar-refractivity contribution in [3.05, 3.63) is 29.0 Å². The summed E-state index contributed by atoms with van der Waals surface area (Å²) in [6, 6.07) is 1.86. The van der Waals surface area contributed by atoms with E-state index in [9.17, 15) is 4.79 Å². The fourth-order valence-corrected chi connectivity index (χ4v) is 1.80. The van der Waals surface area contributed by atoms with Gasteiger partial charge in [-0.2, -0.15) is 0 Å². The molecule has 1 rings (SSSR count). The summed E-state index contributed by atoms with van der Waals surface area (Å²) in [5, 5.41) is 9.40. The highest BCUT2D eigenvalue weighted by molar-refractivity contribution is 6.31. The molecular weight excluding hydrogens is 252 g/mol. The fourth-order valence-electron chi connectivity index (χ4n) is 1.62. The van der Waals surface area contributed by atoms with Crippen molar-refractivity contribution in [3.8, 4) is 0 Å². The number of carbonyl (C=O) groups is 1. The molecular formula is C13H19ClN2O2. The van der Waals surface area contributed by atoms with Crippen LogP contribution in [0.25, 0.3) is 0 Å². The van der Waals surface area contributed by atoms with Gasteiger partial charge in [0.05, 0.1) is 11.4 Å². The molecule has 5 heteroatoms. The van der Waals surface area contributed by atoms with Gasteiger partial charge in [0.2, 0.25) is 0 Å². The van der Waals surface area contributed by atoms with E-state index in [1.54, 1.807) is 12.4 Å². The number of pyridine rings is 1. The molecule has 0 aliphatic rings. The van der Waals surface area contributed by atoms with E-state index in [0.717, 1.165) is 5.56 Å². The van der Waals surface area contributed by atoms with Gasteiger partial charge in [0.25, 0.3) is 0 Å². The minimum Gasteiger partial charge on any atom is -0.481 e. The molecule has 4 nitrogen and oxygen atoms in total. The summed E-state index contributed by atoms with van der Waals surface area (Å²) in [7, 11) is 0. The molecule has 0 saturated carbocycles.